The van der Waals surface area contributed by atoms with Crippen LogP contribution in [-0.4, -0.2) is 19.1 Å². The normalized spacial score (nSPS) is 13.3. The molecule has 0 atom stereocenters. The minimum atomic E-state index is -0.135. The number of rotatable bonds is 3. The summed E-state index contributed by atoms with van der Waals surface area (Å²) in [7, 11) is 0. The fourth-order valence-electron chi connectivity index (χ4n) is 2.26. The second-order valence-electron chi connectivity index (χ2n) is 5.18. The van der Waals surface area contributed by atoms with Gasteiger partial charge in [0.1, 0.15) is 0 Å². The molecule has 4 nitrogen and oxygen atoms in total. The Kier molecular flexibility index (Phi) is 5.08. The zero-order chi connectivity index (χ0) is 16.2. The van der Waals surface area contributed by atoms with Crippen molar-refractivity contribution in [2.24, 2.45) is 0 Å². The molecule has 3 rings (SSSR count). The van der Waals surface area contributed by atoms with Crippen LogP contribution in [0.1, 0.15) is 12.0 Å². The van der Waals surface area contributed by atoms with Gasteiger partial charge in [-0.15, -0.1) is 0 Å². The van der Waals surface area contributed by atoms with Crippen molar-refractivity contribution in [3.63, 3.8) is 0 Å². The number of fused-ring (bicyclic) bond motifs is 1. The van der Waals surface area contributed by atoms with Crippen molar-refractivity contribution in [3.05, 3.63) is 51.5 Å². The molecule has 1 heterocycles. The predicted octanol–water partition coefficient (Wildman–Crippen LogP) is 4.45. The smallest absolute Gasteiger partial charge is 0.228 e. The van der Waals surface area contributed by atoms with E-state index in [2.05, 4.69) is 21.2 Å². The molecule has 0 saturated carbocycles. The van der Waals surface area contributed by atoms with E-state index in [1.165, 1.54) is 0 Å². The van der Waals surface area contributed by atoms with Crippen molar-refractivity contribution in [1.82, 2.24) is 0 Å². The van der Waals surface area contributed by atoms with Gasteiger partial charge in [0.25, 0.3) is 0 Å². The van der Waals surface area contributed by atoms with E-state index < -0.39 is 0 Å². The number of benzene rings is 2. The Balaban J connectivity index is 1.73. The zero-order valence-electron chi connectivity index (χ0n) is 12.3. The Morgan fingerprint density at radius 2 is 1.78 bits per heavy atom. The predicted molar refractivity (Wildman–Crippen MR) is 93.5 cm³/mol. The van der Waals surface area contributed by atoms with Crippen LogP contribution in [0.25, 0.3) is 0 Å². The lowest BCUT2D eigenvalue weighted by Gasteiger charge is -2.12. The third kappa shape index (κ3) is 4.18. The van der Waals surface area contributed by atoms with Crippen LogP contribution in [0.3, 0.4) is 0 Å². The fraction of sp³-hybridized carbons (Fsp3) is 0.235. The number of anilines is 1. The van der Waals surface area contributed by atoms with E-state index in [1.807, 2.05) is 24.3 Å². The van der Waals surface area contributed by atoms with Gasteiger partial charge < -0.3 is 14.8 Å². The van der Waals surface area contributed by atoms with Crippen molar-refractivity contribution in [2.45, 2.75) is 12.8 Å². The highest BCUT2D eigenvalue weighted by atomic mass is 79.9. The second-order valence-corrected chi connectivity index (χ2v) is 6.50. The molecule has 0 bridgehead atoms. The molecule has 0 fully saturated rings. The van der Waals surface area contributed by atoms with Gasteiger partial charge >= 0.3 is 0 Å². The summed E-state index contributed by atoms with van der Waals surface area (Å²) in [6.45, 7) is 1.18. The molecule has 0 radical (unpaired) electrons. The van der Waals surface area contributed by atoms with E-state index in [1.54, 1.807) is 12.1 Å². The first-order valence-corrected chi connectivity index (χ1v) is 8.42. The van der Waals surface area contributed by atoms with Crippen molar-refractivity contribution in [1.29, 1.82) is 0 Å². The van der Waals surface area contributed by atoms with E-state index in [9.17, 15) is 4.79 Å². The molecule has 2 aromatic carbocycles. The molecule has 23 heavy (non-hydrogen) atoms. The summed E-state index contributed by atoms with van der Waals surface area (Å²) in [4.78, 5) is 12.2. The van der Waals surface area contributed by atoms with Gasteiger partial charge in [0.2, 0.25) is 5.91 Å². The molecule has 0 unspecified atom stereocenters. The third-order valence-corrected chi connectivity index (χ3v) is 4.23. The summed E-state index contributed by atoms with van der Waals surface area (Å²) in [5, 5.41) is 3.25. The Hall–Kier alpha value is -1.72. The third-order valence-electron chi connectivity index (χ3n) is 3.39. The Morgan fingerprint density at radius 1 is 1.13 bits per heavy atom. The molecule has 120 valence electrons. The van der Waals surface area contributed by atoms with E-state index in [4.69, 9.17) is 21.1 Å². The molecule has 1 aliphatic rings. The first kappa shape index (κ1) is 16.1. The highest BCUT2D eigenvalue weighted by Gasteiger charge is 2.15. The lowest BCUT2D eigenvalue weighted by molar-refractivity contribution is -0.115. The number of amides is 1. The minimum Gasteiger partial charge on any atom is -0.490 e. The second kappa shape index (κ2) is 7.23. The molecular weight excluding hydrogens is 382 g/mol. The highest BCUT2D eigenvalue weighted by molar-refractivity contribution is 9.10. The van der Waals surface area contributed by atoms with E-state index in [-0.39, 0.29) is 12.3 Å². The summed E-state index contributed by atoms with van der Waals surface area (Å²) in [6.07, 6.45) is 1.09. The average molecular weight is 397 g/mol. The van der Waals surface area contributed by atoms with Crippen molar-refractivity contribution < 1.29 is 14.3 Å². The fourth-order valence-corrected chi connectivity index (χ4v) is 2.73. The van der Waals surface area contributed by atoms with Gasteiger partial charge in [-0.1, -0.05) is 39.7 Å². The SMILES string of the molecule is O=C(Cc1ccc(Br)cc1)Nc1cc2c(cc1Cl)OCCCO2. The first-order chi connectivity index (χ1) is 11.1. The van der Waals surface area contributed by atoms with Gasteiger partial charge in [0, 0.05) is 23.0 Å². The van der Waals surface area contributed by atoms with Crippen LogP contribution in [0.5, 0.6) is 11.5 Å². The standard InChI is InChI=1S/C17H15BrClNO3/c18-12-4-2-11(3-5-12)8-17(21)20-14-10-16-15(9-13(14)19)22-6-1-7-23-16/h2-5,9-10H,1,6-8H2,(H,20,21). The first-order valence-electron chi connectivity index (χ1n) is 7.25. The van der Waals surface area contributed by atoms with Crippen LogP contribution < -0.4 is 14.8 Å². The van der Waals surface area contributed by atoms with Crippen LogP contribution in [0.2, 0.25) is 5.02 Å². The van der Waals surface area contributed by atoms with Crippen LogP contribution in [0.4, 0.5) is 5.69 Å². The quantitative estimate of drug-likeness (QED) is 0.834. The van der Waals surface area contributed by atoms with Crippen molar-refractivity contribution >= 4 is 39.1 Å². The summed E-state index contributed by atoms with van der Waals surface area (Å²) in [5.41, 5.74) is 1.45. The summed E-state index contributed by atoms with van der Waals surface area (Å²) in [5.74, 6) is 1.08. The Morgan fingerprint density at radius 3 is 2.48 bits per heavy atom. The van der Waals surface area contributed by atoms with Gasteiger partial charge in [-0.2, -0.15) is 0 Å². The molecule has 1 amide bonds. The largest absolute Gasteiger partial charge is 0.490 e. The van der Waals surface area contributed by atoms with Crippen LogP contribution in [0, 0.1) is 0 Å². The van der Waals surface area contributed by atoms with Crippen LogP contribution in [-0.2, 0) is 11.2 Å². The maximum atomic E-state index is 12.2. The molecule has 0 saturated heterocycles. The minimum absolute atomic E-state index is 0.135. The summed E-state index contributed by atoms with van der Waals surface area (Å²) in [6, 6.07) is 11.0. The van der Waals surface area contributed by atoms with Gasteiger partial charge in [0.15, 0.2) is 11.5 Å². The zero-order valence-corrected chi connectivity index (χ0v) is 14.6. The molecule has 6 heteroatoms. The number of hydrogen-bond donors (Lipinski definition) is 1. The van der Waals surface area contributed by atoms with Crippen LogP contribution in [0.15, 0.2) is 40.9 Å². The van der Waals surface area contributed by atoms with E-state index in [0.29, 0.717) is 35.4 Å². The summed E-state index contributed by atoms with van der Waals surface area (Å²) >= 11 is 9.60. The Labute approximate surface area is 147 Å². The van der Waals surface area contributed by atoms with Crippen molar-refractivity contribution in [3.8, 4) is 11.5 Å². The number of halogens is 2. The van der Waals surface area contributed by atoms with Crippen molar-refractivity contribution in [2.75, 3.05) is 18.5 Å². The van der Waals surface area contributed by atoms with Gasteiger partial charge in [0.05, 0.1) is 30.3 Å². The van der Waals surface area contributed by atoms with E-state index >= 15 is 0 Å². The number of carbonyl (C=O) groups excluding carboxylic acids is 1. The maximum Gasteiger partial charge on any atom is 0.228 e. The number of ether oxygens (including phenoxy) is 2. The molecule has 0 aliphatic carbocycles. The lowest BCUT2D eigenvalue weighted by atomic mass is 10.1. The molecule has 1 aliphatic heterocycles. The van der Waals surface area contributed by atoms with E-state index in [0.717, 1.165) is 16.5 Å². The molecular formula is C17H15BrClNO3. The molecule has 0 spiro atoms. The van der Waals surface area contributed by atoms with Gasteiger partial charge in [-0.05, 0) is 17.7 Å². The average Bonchev–Trinajstić information content (AvgIpc) is 2.75. The highest BCUT2D eigenvalue weighted by Crippen LogP contribution is 2.37. The number of nitrogens with one attached hydrogen (secondary N) is 1. The number of carbonyl (C=O) groups is 1. The van der Waals surface area contributed by atoms with Gasteiger partial charge in [-0.25, -0.2) is 0 Å². The molecule has 2 aromatic rings. The number of hydrogen-bond acceptors (Lipinski definition) is 3. The molecule has 1 N–H and O–H groups in total. The summed E-state index contributed by atoms with van der Waals surface area (Å²) < 4.78 is 12.2. The van der Waals surface area contributed by atoms with Crippen LogP contribution >= 0.6 is 27.5 Å². The monoisotopic (exact) mass is 395 g/mol. The maximum absolute atomic E-state index is 12.2. The topological polar surface area (TPSA) is 47.6 Å². The van der Waals surface area contributed by atoms with Gasteiger partial charge in [-0.3, -0.25) is 4.79 Å². The lowest BCUT2D eigenvalue weighted by Crippen LogP contribution is -2.14. The Bertz CT molecular complexity index is 719. The molecule has 0 aromatic heterocycles.